The van der Waals surface area contributed by atoms with Gasteiger partial charge < -0.3 is 14.6 Å². The highest BCUT2D eigenvalue weighted by Crippen LogP contribution is 2.21. The number of aliphatic hydroxyl groups is 1. The summed E-state index contributed by atoms with van der Waals surface area (Å²) in [6.45, 7) is 4.61. The van der Waals surface area contributed by atoms with Crippen molar-refractivity contribution in [3.05, 3.63) is 45.5 Å². The number of imidazole rings is 1. The first kappa shape index (κ1) is 16.6. The van der Waals surface area contributed by atoms with Crippen molar-refractivity contribution in [1.82, 2.24) is 19.4 Å². The van der Waals surface area contributed by atoms with E-state index in [-0.39, 0.29) is 19.1 Å². The Bertz CT molecular complexity index is 884. The number of nitrogens with zero attached hydrogens (tertiary/aromatic N) is 4. The molecule has 0 aromatic carbocycles. The Labute approximate surface area is 144 Å². The quantitative estimate of drug-likeness (QED) is 0.771. The predicted octanol–water partition coefficient (Wildman–Crippen LogP) is 2.28. The third-order valence-electron chi connectivity index (χ3n) is 4.01. The van der Waals surface area contributed by atoms with Crippen molar-refractivity contribution >= 4 is 28.4 Å². The van der Waals surface area contributed by atoms with Crippen LogP contribution in [0.3, 0.4) is 0 Å². The third-order valence-corrected chi connectivity index (χ3v) is 5.00. The van der Waals surface area contributed by atoms with Crippen molar-refractivity contribution in [1.29, 1.82) is 0 Å². The zero-order valence-electron chi connectivity index (χ0n) is 14.0. The SMILES string of the molecule is Cc1ccc(CN(CCO)C(=O)c2ccnc3c2nc(C)n3C)s1. The highest BCUT2D eigenvalue weighted by molar-refractivity contribution is 7.11. The number of fused-ring (bicyclic) bond motifs is 1. The van der Waals surface area contributed by atoms with E-state index >= 15 is 0 Å². The molecule has 1 N–H and O–H groups in total. The minimum atomic E-state index is -0.138. The van der Waals surface area contributed by atoms with Crippen LogP contribution < -0.4 is 0 Å². The number of hydrogen-bond donors (Lipinski definition) is 1. The number of hydrogen-bond acceptors (Lipinski definition) is 5. The van der Waals surface area contributed by atoms with Gasteiger partial charge in [-0.3, -0.25) is 4.79 Å². The van der Waals surface area contributed by atoms with E-state index in [2.05, 4.69) is 9.97 Å². The summed E-state index contributed by atoms with van der Waals surface area (Å²) in [7, 11) is 1.88. The molecule has 0 aliphatic carbocycles. The zero-order valence-corrected chi connectivity index (χ0v) is 14.8. The van der Waals surface area contributed by atoms with Crippen LogP contribution in [0, 0.1) is 13.8 Å². The van der Waals surface area contributed by atoms with Crippen LogP contribution in [-0.4, -0.2) is 43.6 Å². The van der Waals surface area contributed by atoms with E-state index in [9.17, 15) is 9.90 Å². The molecule has 0 atom stereocenters. The Morgan fingerprint density at radius 3 is 2.79 bits per heavy atom. The van der Waals surface area contributed by atoms with Crippen molar-refractivity contribution in [2.24, 2.45) is 7.05 Å². The molecule has 24 heavy (non-hydrogen) atoms. The molecule has 0 aliphatic heterocycles. The molecule has 3 aromatic rings. The van der Waals surface area contributed by atoms with Gasteiger partial charge in [0.2, 0.25) is 0 Å². The van der Waals surface area contributed by atoms with Crippen LogP contribution in [0.15, 0.2) is 24.4 Å². The minimum Gasteiger partial charge on any atom is -0.395 e. The molecular formula is C17H20N4O2S. The molecular weight excluding hydrogens is 324 g/mol. The average molecular weight is 344 g/mol. The summed E-state index contributed by atoms with van der Waals surface area (Å²) >= 11 is 1.66. The Kier molecular flexibility index (Phi) is 4.64. The summed E-state index contributed by atoms with van der Waals surface area (Å²) in [6, 6.07) is 5.75. The molecule has 0 saturated carbocycles. The van der Waals surface area contributed by atoms with Crippen molar-refractivity contribution < 1.29 is 9.90 Å². The van der Waals surface area contributed by atoms with E-state index in [4.69, 9.17) is 0 Å². The Morgan fingerprint density at radius 1 is 1.33 bits per heavy atom. The molecule has 0 unspecified atom stereocenters. The van der Waals surface area contributed by atoms with Gasteiger partial charge in [-0.25, -0.2) is 9.97 Å². The largest absolute Gasteiger partial charge is 0.395 e. The van der Waals surface area contributed by atoms with Crippen molar-refractivity contribution in [3.8, 4) is 0 Å². The second-order valence-corrected chi connectivity index (χ2v) is 7.08. The average Bonchev–Trinajstić information content (AvgIpc) is 3.10. The van der Waals surface area contributed by atoms with Crippen LogP contribution in [0.5, 0.6) is 0 Å². The number of thiophene rings is 1. The number of aryl methyl sites for hydroxylation is 3. The second kappa shape index (κ2) is 6.70. The lowest BCUT2D eigenvalue weighted by Crippen LogP contribution is -2.33. The molecule has 0 radical (unpaired) electrons. The van der Waals surface area contributed by atoms with E-state index < -0.39 is 0 Å². The van der Waals surface area contributed by atoms with Gasteiger partial charge in [0.05, 0.1) is 18.7 Å². The molecule has 0 fully saturated rings. The lowest BCUT2D eigenvalue weighted by Gasteiger charge is -2.21. The molecule has 0 aliphatic rings. The van der Waals surface area contributed by atoms with Gasteiger partial charge in [-0.15, -0.1) is 11.3 Å². The summed E-state index contributed by atoms with van der Waals surface area (Å²) < 4.78 is 1.87. The number of carbonyl (C=O) groups excluding carboxylic acids is 1. The van der Waals surface area contributed by atoms with E-state index in [1.165, 1.54) is 4.88 Å². The van der Waals surface area contributed by atoms with Gasteiger partial charge in [0.25, 0.3) is 5.91 Å². The van der Waals surface area contributed by atoms with Crippen LogP contribution >= 0.6 is 11.3 Å². The fourth-order valence-corrected chi connectivity index (χ4v) is 3.57. The standard InChI is InChI=1S/C17H20N4O2S/c1-11-4-5-13(24-11)10-21(8-9-22)17(23)14-6-7-18-16-15(14)19-12(2)20(16)3/h4-7,22H,8-10H2,1-3H3. The van der Waals surface area contributed by atoms with Gasteiger partial charge in [-0.1, -0.05) is 0 Å². The highest BCUT2D eigenvalue weighted by Gasteiger charge is 2.21. The van der Waals surface area contributed by atoms with Crippen LogP contribution in [0.25, 0.3) is 11.2 Å². The molecule has 3 rings (SSSR count). The monoisotopic (exact) mass is 344 g/mol. The number of aromatic nitrogens is 3. The van der Waals surface area contributed by atoms with Crippen molar-refractivity contribution in [2.75, 3.05) is 13.2 Å². The van der Waals surface area contributed by atoms with Crippen LogP contribution in [0.2, 0.25) is 0 Å². The van der Waals surface area contributed by atoms with Gasteiger partial charge in [-0.05, 0) is 32.0 Å². The number of rotatable bonds is 5. The molecule has 0 bridgehead atoms. The lowest BCUT2D eigenvalue weighted by molar-refractivity contribution is 0.0711. The molecule has 126 valence electrons. The topological polar surface area (TPSA) is 71.2 Å². The van der Waals surface area contributed by atoms with Crippen molar-refractivity contribution in [2.45, 2.75) is 20.4 Å². The maximum Gasteiger partial charge on any atom is 0.256 e. The fourth-order valence-electron chi connectivity index (χ4n) is 2.66. The number of amides is 1. The number of aliphatic hydroxyl groups excluding tert-OH is 1. The summed E-state index contributed by atoms with van der Waals surface area (Å²) in [5.41, 5.74) is 1.81. The molecule has 1 amide bonds. The number of pyridine rings is 1. The van der Waals surface area contributed by atoms with Gasteiger partial charge in [-0.2, -0.15) is 0 Å². The first-order chi connectivity index (χ1) is 11.5. The summed E-state index contributed by atoms with van der Waals surface area (Å²) in [5.74, 6) is 0.668. The van der Waals surface area contributed by atoms with E-state index in [1.807, 2.05) is 37.6 Å². The first-order valence-electron chi connectivity index (χ1n) is 7.74. The van der Waals surface area contributed by atoms with E-state index in [0.717, 1.165) is 10.7 Å². The van der Waals surface area contributed by atoms with Gasteiger partial charge in [0.1, 0.15) is 11.3 Å². The summed E-state index contributed by atoms with van der Waals surface area (Å²) in [4.78, 5) is 25.8. The fraction of sp³-hybridized carbons (Fsp3) is 0.353. The second-order valence-electron chi connectivity index (χ2n) is 5.71. The van der Waals surface area contributed by atoms with E-state index in [1.54, 1.807) is 28.5 Å². The summed E-state index contributed by atoms with van der Waals surface area (Å²) in [5, 5.41) is 9.35. The van der Waals surface area contributed by atoms with Gasteiger partial charge in [0, 0.05) is 29.5 Å². The minimum absolute atomic E-state index is 0.0778. The van der Waals surface area contributed by atoms with Crippen LogP contribution in [-0.2, 0) is 13.6 Å². The smallest absolute Gasteiger partial charge is 0.256 e. The maximum absolute atomic E-state index is 13.0. The zero-order chi connectivity index (χ0) is 17.3. The van der Waals surface area contributed by atoms with E-state index in [0.29, 0.717) is 23.3 Å². The Morgan fingerprint density at radius 2 is 2.12 bits per heavy atom. The highest BCUT2D eigenvalue weighted by atomic mass is 32.1. The molecule has 0 spiro atoms. The predicted molar refractivity (Wildman–Crippen MR) is 94.1 cm³/mol. The van der Waals surface area contributed by atoms with Gasteiger partial charge in [0.15, 0.2) is 5.65 Å². The Hall–Kier alpha value is -2.25. The van der Waals surface area contributed by atoms with Crippen molar-refractivity contribution in [3.63, 3.8) is 0 Å². The maximum atomic E-state index is 13.0. The number of carbonyl (C=O) groups is 1. The van der Waals surface area contributed by atoms with Gasteiger partial charge >= 0.3 is 0 Å². The molecule has 3 heterocycles. The summed E-state index contributed by atoms with van der Waals surface area (Å²) in [6.07, 6.45) is 1.63. The van der Waals surface area contributed by atoms with Crippen LogP contribution in [0.1, 0.15) is 25.9 Å². The lowest BCUT2D eigenvalue weighted by atomic mass is 10.2. The first-order valence-corrected chi connectivity index (χ1v) is 8.56. The molecule has 0 saturated heterocycles. The van der Waals surface area contributed by atoms with Crippen LogP contribution in [0.4, 0.5) is 0 Å². The molecule has 7 heteroatoms. The molecule has 3 aromatic heterocycles. The third kappa shape index (κ3) is 3.05. The molecule has 6 nitrogen and oxygen atoms in total. The normalized spacial score (nSPS) is 11.2. The Balaban J connectivity index is 1.97.